The molecule has 2 N–H and O–H groups in total. The van der Waals surface area contributed by atoms with E-state index in [-0.39, 0.29) is 6.10 Å². The van der Waals surface area contributed by atoms with E-state index < -0.39 is 0 Å². The molecular weight excluding hydrogens is 354 g/mol. The van der Waals surface area contributed by atoms with Crippen molar-refractivity contribution in [1.82, 2.24) is 19.8 Å². The summed E-state index contributed by atoms with van der Waals surface area (Å²) >= 11 is 4.95. The minimum atomic E-state index is 0.00234. The fourth-order valence-electron chi connectivity index (χ4n) is 2.47. The van der Waals surface area contributed by atoms with Crippen molar-refractivity contribution >= 4 is 37.9 Å². The Kier molecular flexibility index (Phi) is 3.16. The number of halogens is 1. The second-order valence-corrected chi connectivity index (χ2v) is 6.81. The average molecular weight is 366 g/mol. The summed E-state index contributed by atoms with van der Waals surface area (Å²) in [5, 5.41) is 13.9. The molecule has 2 aromatic heterocycles. The summed E-state index contributed by atoms with van der Waals surface area (Å²) in [5.41, 5.74) is 7.55. The maximum atomic E-state index is 5.89. The van der Waals surface area contributed by atoms with Gasteiger partial charge in [-0.1, -0.05) is 27.3 Å². The van der Waals surface area contributed by atoms with Crippen molar-refractivity contribution in [3.05, 3.63) is 28.5 Å². The number of benzene rings is 1. The van der Waals surface area contributed by atoms with Crippen LogP contribution in [0.4, 0.5) is 5.69 Å². The standard InChI is InChI=1S/C13H12BrN5OS/c14-8-4-7(5-9(15)6-8)12-18-19-11(10-2-1-3-20-10)16-17-13(19)21-12/h4-6,10H,1-3,15H2. The number of anilines is 1. The molecule has 1 aromatic carbocycles. The van der Waals surface area contributed by atoms with Crippen LogP contribution in [-0.2, 0) is 4.74 Å². The Morgan fingerprint density at radius 1 is 1.33 bits per heavy atom. The lowest BCUT2D eigenvalue weighted by atomic mass is 10.2. The molecule has 1 unspecified atom stereocenters. The van der Waals surface area contributed by atoms with Gasteiger partial charge in [-0.15, -0.1) is 10.2 Å². The molecule has 0 radical (unpaired) electrons. The molecule has 0 spiro atoms. The highest BCUT2D eigenvalue weighted by molar-refractivity contribution is 9.10. The van der Waals surface area contributed by atoms with Gasteiger partial charge in [0.05, 0.1) is 0 Å². The topological polar surface area (TPSA) is 78.3 Å². The van der Waals surface area contributed by atoms with Crippen molar-refractivity contribution in [3.8, 4) is 10.6 Å². The van der Waals surface area contributed by atoms with Crippen LogP contribution < -0.4 is 5.73 Å². The second-order valence-electron chi connectivity index (χ2n) is 4.93. The Morgan fingerprint density at radius 2 is 2.24 bits per heavy atom. The third-order valence-corrected chi connectivity index (χ3v) is 4.81. The van der Waals surface area contributed by atoms with E-state index >= 15 is 0 Å². The number of rotatable bonds is 2. The van der Waals surface area contributed by atoms with Crippen LogP contribution in [-0.4, -0.2) is 26.4 Å². The Labute approximate surface area is 133 Å². The Balaban J connectivity index is 1.80. The lowest BCUT2D eigenvalue weighted by molar-refractivity contribution is 0.103. The Hall–Kier alpha value is -1.51. The normalized spacial score (nSPS) is 18.6. The first kappa shape index (κ1) is 13.2. The van der Waals surface area contributed by atoms with E-state index in [1.165, 1.54) is 11.3 Å². The highest BCUT2D eigenvalue weighted by atomic mass is 79.9. The van der Waals surface area contributed by atoms with Gasteiger partial charge in [0.2, 0.25) is 4.96 Å². The predicted molar refractivity (Wildman–Crippen MR) is 84.1 cm³/mol. The molecule has 21 heavy (non-hydrogen) atoms. The third kappa shape index (κ3) is 2.33. The number of hydrogen-bond donors (Lipinski definition) is 1. The minimum Gasteiger partial charge on any atom is -0.399 e. The second kappa shape index (κ2) is 5.04. The zero-order valence-corrected chi connectivity index (χ0v) is 13.4. The van der Waals surface area contributed by atoms with Gasteiger partial charge < -0.3 is 10.5 Å². The van der Waals surface area contributed by atoms with Gasteiger partial charge in [-0.3, -0.25) is 0 Å². The summed E-state index contributed by atoms with van der Waals surface area (Å²) < 4.78 is 8.39. The summed E-state index contributed by atoms with van der Waals surface area (Å²) in [4.78, 5) is 0.772. The smallest absolute Gasteiger partial charge is 0.235 e. The van der Waals surface area contributed by atoms with Crippen LogP contribution in [0.3, 0.4) is 0 Å². The van der Waals surface area contributed by atoms with Crippen LogP contribution in [0.25, 0.3) is 15.5 Å². The first-order chi connectivity index (χ1) is 10.2. The van der Waals surface area contributed by atoms with Crippen molar-refractivity contribution in [2.75, 3.05) is 12.3 Å². The van der Waals surface area contributed by atoms with Gasteiger partial charge in [-0.05, 0) is 31.0 Å². The third-order valence-electron chi connectivity index (χ3n) is 3.40. The summed E-state index contributed by atoms with van der Waals surface area (Å²) in [7, 11) is 0. The first-order valence-electron chi connectivity index (χ1n) is 6.61. The lowest BCUT2D eigenvalue weighted by Crippen LogP contribution is -2.03. The maximum absolute atomic E-state index is 5.89. The number of fused-ring (bicyclic) bond motifs is 1. The molecule has 3 aromatic rings. The van der Waals surface area contributed by atoms with Gasteiger partial charge >= 0.3 is 0 Å². The molecule has 108 valence electrons. The van der Waals surface area contributed by atoms with Crippen LogP contribution in [0.2, 0.25) is 0 Å². The van der Waals surface area contributed by atoms with Crippen molar-refractivity contribution in [3.63, 3.8) is 0 Å². The molecule has 6 nitrogen and oxygen atoms in total. The zero-order chi connectivity index (χ0) is 14.4. The van der Waals surface area contributed by atoms with Crippen LogP contribution in [0.5, 0.6) is 0 Å². The van der Waals surface area contributed by atoms with E-state index in [1.807, 2.05) is 18.2 Å². The van der Waals surface area contributed by atoms with Crippen molar-refractivity contribution < 1.29 is 4.74 Å². The fourth-order valence-corrected chi connectivity index (χ4v) is 3.81. The van der Waals surface area contributed by atoms with Crippen LogP contribution >= 0.6 is 27.3 Å². The van der Waals surface area contributed by atoms with E-state index in [0.717, 1.165) is 45.3 Å². The van der Waals surface area contributed by atoms with E-state index in [1.54, 1.807) is 4.52 Å². The molecule has 1 saturated heterocycles. The average Bonchev–Trinajstić information content (AvgIpc) is 3.13. The van der Waals surface area contributed by atoms with Crippen molar-refractivity contribution in [2.45, 2.75) is 18.9 Å². The SMILES string of the molecule is Nc1cc(Br)cc(-c2nn3c(C4CCCO4)nnc3s2)c1. The van der Waals surface area contributed by atoms with Crippen LogP contribution in [0.15, 0.2) is 22.7 Å². The van der Waals surface area contributed by atoms with E-state index in [4.69, 9.17) is 10.5 Å². The molecular formula is C13H12BrN5OS. The van der Waals surface area contributed by atoms with E-state index in [2.05, 4.69) is 31.2 Å². The molecule has 1 aliphatic heterocycles. The molecule has 0 amide bonds. The molecule has 0 saturated carbocycles. The molecule has 0 aliphatic carbocycles. The minimum absolute atomic E-state index is 0.00234. The van der Waals surface area contributed by atoms with Gasteiger partial charge in [0.25, 0.3) is 0 Å². The first-order valence-corrected chi connectivity index (χ1v) is 8.22. The van der Waals surface area contributed by atoms with Gasteiger partial charge in [0, 0.05) is 22.3 Å². The highest BCUT2D eigenvalue weighted by Gasteiger charge is 2.25. The van der Waals surface area contributed by atoms with Gasteiger partial charge in [0.15, 0.2) is 5.82 Å². The molecule has 4 rings (SSSR count). The van der Waals surface area contributed by atoms with E-state index in [9.17, 15) is 0 Å². The predicted octanol–water partition coefficient (Wildman–Crippen LogP) is 3.05. The number of nitrogen functional groups attached to an aromatic ring is 1. The summed E-state index contributed by atoms with van der Waals surface area (Å²) in [6.07, 6.45) is 2.03. The molecule has 1 atom stereocenters. The lowest BCUT2D eigenvalue weighted by Gasteiger charge is -2.04. The number of nitrogens with two attached hydrogens (primary N) is 1. The zero-order valence-electron chi connectivity index (χ0n) is 11.0. The van der Waals surface area contributed by atoms with Crippen LogP contribution in [0.1, 0.15) is 24.8 Å². The highest BCUT2D eigenvalue weighted by Crippen LogP contribution is 2.32. The number of hydrogen-bond acceptors (Lipinski definition) is 6. The van der Waals surface area contributed by atoms with Gasteiger partial charge in [0.1, 0.15) is 11.1 Å². The number of ether oxygens (including phenoxy) is 1. The van der Waals surface area contributed by atoms with E-state index in [0.29, 0.717) is 5.69 Å². The Morgan fingerprint density at radius 3 is 3.00 bits per heavy atom. The van der Waals surface area contributed by atoms with Crippen molar-refractivity contribution in [2.24, 2.45) is 0 Å². The van der Waals surface area contributed by atoms with Crippen molar-refractivity contribution in [1.29, 1.82) is 0 Å². The molecule has 8 heteroatoms. The Bertz CT molecular complexity index is 788. The molecule has 0 bridgehead atoms. The summed E-state index contributed by atoms with van der Waals surface area (Å²) in [5.74, 6) is 0.785. The quantitative estimate of drug-likeness (QED) is 0.706. The summed E-state index contributed by atoms with van der Waals surface area (Å²) in [6.45, 7) is 0.777. The van der Waals surface area contributed by atoms with Gasteiger partial charge in [-0.25, -0.2) is 0 Å². The van der Waals surface area contributed by atoms with Gasteiger partial charge in [-0.2, -0.15) is 9.61 Å². The van der Waals surface area contributed by atoms with Crippen LogP contribution in [0, 0.1) is 0 Å². The fraction of sp³-hybridized carbons (Fsp3) is 0.308. The molecule has 3 heterocycles. The summed E-state index contributed by atoms with van der Waals surface area (Å²) in [6, 6.07) is 5.76. The maximum Gasteiger partial charge on any atom is 0.235 e. The number of aromatic nitrogens is 4. The molecule has 1 aliphatic rings. The number of nitrogens with zero attached hydrogens (tertiary/aromatic N) is 4. The largest absolute Gasteiger partial charge is 0.399 e. The molecule has 1 fully saturated rings. The monoisotopic (exact) mass is 365 g/mol.